The quantitative estimate of drug-likeness (QED) is 0.772. The second kappa shape index (κ2) is 8.35. The van der Waals surface area contributed by atoms with Crippen molar-refractivity contribution in [1.82, 2.24) is 5.32 Å². The maximum atomic E-state index is 12.5. The number of hydrogen-bond donors (Lipinski definition) is 2. The lowest BCUT2D eigenvalue weighted by Crippen LogP contribution is -2.31. The number of aliphatic hydroxyl groups is 1. The van der Waals surface area contributed by atoms with Crippen molar-refractivity contribution in [1.29, 1.82) is 0 Å². The second-order valence-electron chi connectivity index (χ2n) is 5.52. The van der Waals surface area contributed by atoms with Gasteiger partial charge in [0.1, 0.15) is 0 Å². The molecule has 3 heteroatoms. The van der Waals surface area contributed by atoms with Gasteiger partial charge in [-0.05, 0) is 30.9 Å². The summed E-state index contributed by atoms with van der Waals surface area (Å²) in [5.74, 6) is -0.192. The van der Waals surface area contributed by atoms with Crippen LogP contribution in [-0.4, -0.2) is 24.2 Å². The summed E-state index contributed by atoms with van der Waals surface area (Å²) < 4.78 is 0. The van der Waals surface area contributed by atoms with E-state index in [0.717, 1.165) is 11.1 Å². The van der Waals surface area contributed by atoms with Crippen molar-refractivity contribution < 1.29 is 9.90 Å². The first-order valence-corrected chi connectivity index (χ1v) is 7.70. The van der Waals surface area contributed by atoms with Crippen LogP contribution in [0, 0.1) is 6.92 Å². The Kier molecular flexibility index (Phi) is 6.16. The lowest BCUT2D eigenvalue weighted by molar-refractivity contribution is -0.122. The number of rotatable bonds is 7. The van der Waals surface area contributed by atoms with Gasteiger partial charge in [-0.2, -0.15) is 0 Å². The molecule has 0 heterocycles. The summed E-state index contributed by atoms with van der Waals surface area (Å²) in [5, 5.41) is 11.8. The van der Waals surface area contributed by atoms with Crippen molar-refractivity contribution in [3.05, 3.63) is 71.3 Å². The van der Waals surface area contributed by atoms with E-state index in [2.05, 4.69) is 36.5 Å². The van der Waals surface area contributed by atoms with Gasteiger partial charge >= 0.3 is 0 Å². The number of benzene rings is 2. The molecule has 22 heavy (non-hydrogen) atoms. The molecule has 3 nitrogen and oxygen atoms in total. The predicted octanol–water partition coefficient (Wildman–Crippen LogP) is 2.82. The third kappa shape index (κ3) is 4.71. The first-order chi connectivity index (χ1) is 10.7. The number of nitrogens with one attached hydrogen (secondary N) is 1. The van der Waals surface area contributed by atoms with Crippen LogP contribution in [0.15, 0.2) is 54.6 Å². The maximum absolute atomic E-state index is 12.5. The van der Waals surface area contributed by atoms with Crippen LogP contribution in [-0.2, 0) is 11.2 Å². The predicted molar refractivity (Wildman–Crippen MR) is 88.8 cm³/mol. The SMILES string of the molecule is Cc1ccc(CC(C(=O)NCCCO)c2ccccc2)cc1. The standard InChI is InChI=1S/C19H23NO2/c1-15-8-10-16(11-9-15)14-18(17-6-3-2-4-7-17)19(22)20-12-5-13-21/h2-4,6-11,18,21H,5,12-14H2,1H3,(H,20,22). The minimum atomic E-state index is -0.206. The highest BCUT2D eigenvalue weighted by Crippen LogP contribution is 2.21. The smallest absolute Gasteiger partial charge is 0.227 e. The first kappa shape index (κ1) is 16.2. The van der Waals surface area contributed by atoms with Gasteiger partial charge in [0, 0.05) is 13.2 Å². The Bertz CT molecular complexity index is 578. The third-order valence-electron chi connectivity index (χ3n) is 3.71. The van der Waals surface area contributed by atoms with E-state index in [9.17, 15) is 4.79 Å². The molecule has 0 aliphatic rings. The van der Waals surface area contributed by atoms with Crippen molar-refractivity contribution in [2.45, 2.75) is 25.7 Å². The van der Waals surface area contributed by atoms with E-state index in [4.69, 9.17) is 5.11 Å². The van der Waals surface area contributed by atoms with E-state index >= 15 is 0 Å². The van der Waals surface area contributed by atoms with E-state index in [0.29, 0.717) is 19.4 Å². The molecule has 0 aliphatic heterocycles. The van der Waals surface area contributed by atoms with Crippen molar-refractivity contribution in [3.8, 4) is 0 Å². The molecule has 0 spiro atoms. The highest BCUT2D eigenvalue weighted by molar-refractivity contribution is 5.84. The molecule has 2 aromatic carbocycles. The van der Waals surface area contributed by atoms with Crippen LogP contribution < -0.4 is 5.32 Å². The molecule has 0 radical (unpaired) electrons. The van der Waals surface area contributed by atoms with Crippen molar-refractivity contribution in [2.24, 2.45) is 0 Å². The van der Waals surface area contributed by atoms with Gasteiger partial charge in [0.15, 0.2) is 0 Å². The van der Waals surface area contributed by atoms with Crippen LogP contribution in [0.1, 0.15) is 29.0 Å². The summed E-state index contributed by atoms with van der Waals surface area (Å²) in [6.07, 6.45) is 1.26. The van der Waals surface area contributed by atoms with E-state index in [1.807, 2.05) is 30.3 Å². The molecular formula is C19H23NO2. The summed E-state index contributed by atoms with van der Waals surface area (Å²) >= 11 is 0. The number of aliphatic hydroxyl groups excluding tert-OH is 1. The highest BCUT2D eigenvalue weighted by atomic mass is 16.3. The molecule has 0 bridgehead atoms. The molecule has 0 aromatic heterocycles. The van der Waals surface area contributed by atoms with Crippen molar-refractivity contribution in [3.63, 3.8) is 0 Å². The Morgan fingerprint density at radius 1 is 1.09 bits per heavy atom. The molecule has 0 saturated carbocycles. The minimum absolute atomic E-state index is 0.0141. The Balaban J connectivity index is 2.14. The molecule has 0 fully saturated rings. The average molecular weight is 297 g/mol. The zero-order valence-corrected chi connectivity index (χ0v) is 13.0. The van der Waals surface area contributed by atoms with Crippen LogP contribution in [0.25, 0.3) is 0 Å². The molecule has 1 amide bonds. The van der Waals surface area contributed by atoms with Gasteiger partial charge in [-0.3, -0.25) is 4.79 Å². The van der Waals surface area contributed by atoms with Crippen LogP contribution in [0.5, 0.6) is 0 Å². The van der Waals surface area contributed by atoms with Crippen LogP contribution >= 0.6 is 0 Å². The summed E-state index contributed by atoms with van der Waals surface area (Å²) in [7, 11) is 0. The average Bonchev–Trinajstić information content (AvgIpc) is 2.55. The fraction of sp³-hybridized carbons (Fsp3) is 0.316. The van der Waals surface area contributed by atoms with Gasteiger partial charge < -0.3 is 10.4 Å². The van der Waals surface area contributed by atoms with Crippen LogP contribution in [0.2, 0.25) is 0 Å². The second-order valence-corrected chi connectivity index (χ2v) is 5.52. The number of hydrogen-bond acceptors (Lipinski definition) is 2. The molecule has 0 saturated heterocycles. The van der Waals surface area contributed by atoms with Gasteiger partial charge in [-0.15, -0.1) is 0 Å². The Morgan fingerprint density at radius 3 is 2.41 bits per heavy atom. The van der Waals surface area contributed by atoms with E-state index in [1.165, 1.54) is 5.56 Å². The van der Waals surface area contributed by atoms with E-state index in [1.54, 1.807) is 0 Å². The summed E-state index contributed by atoms with van der Waals surface area (Å²) in [4.78, 5) is 12.5. The number of aryl methyl sites for hydroxylation is 1. The first-order valence-electron chi connectivity index (χ1n) is 7.70. The zero-order valence-electron chi connectivity index (χ0n) is 13.0. The Hall–Kier alpha value is -2.13. The molecule has 2 N–H and O–H groups in total. The molecule has 0 aliphatic carbocycles. The Morgan fingerprint density at radius 2 is 1.77 bits per heavy atom. The maximum Gasteiger partial charge on any atom is 0.227 e. The molecule has 1 atom stereocenters. The van der Waals surface area contributed by atoms with Gasteiger partial charge in [0.2, 0.25) is 5.91 Å². The number of carbonyl (C=O) groups excluding carboxylic acids is 1. The van der Waals surface area contributed by atoms with Gasteiger partial charge in [0.25, 0.3) is 0 Å². The largest absolute Gasteiger partial charge is 0.396 e. The summed E-state index contributed by atoms with van der Waals surface area (Å²) in [6, 6.07) is 18.1. The number of amides is 1. The highest BCUT2D eigenvalue weighted by Gasteiger charge is 2.20. The summed E-state index contributed by atoms with van der Waals surface area (Å²) in [5.41, 5.74) is 3.38. The minimum Gasteiger partial charge on any atom is -0.396 e. The Labute approximate surface area is 132 Å². The number of carbonyl (C=O) groups is 1. The fourth-order valence-electron chi connectivity index (χ4n) is 2.42. The normalized spacial score (nSPS) is 11.9. The lowest BCUT2D eigenvalue weighted by Gasteiger charge is -2.17. The fourth-order valence-corrected chi connectivity index (χ4v) is 2.42. The molecule has 1 unspecified atom stereocenters. The molecule has 2 rings (SSSR count). The van der Waals surface area contributed by atoms with Crippen LogP contribution in [0.4, 0.5) is 0 Å². The van der Waals surface area contributed by atoms with Crippen LogP contribution in [0.3, 0.4) is 0 Å². The molecule has 2 aromatic rings. The van der Waals surface area contributed by atoms with Crippen molar-refractivity contribution in [2.75, 3.05) is 13.2 Å². The van der Waals surface area contributed by atoms with Crippen molar-refractivity contribution >= 4 is 5.91 Å². The molecular weight excluding hydrogens is 274 g/mol. The van der Waals surface area contributed by atoms with Gasteiger partial charge in [-0.25, -0.2) is 0 Å². The van der Waals surface area contributed by atoms with E-state index < -0.39 is 0 Å². The lowest BCUT2D eigenvalue weighted by atomic mass is 9.91. The van der Waals surface area contributed by atoms with Gasteiger partial charge in [0.05, 0.1) is 5.92 Å². The van der Waals surface area contributed by atoms with E-state index in [-0.39, 0.29) is 18.4 Å². The molecule has 116 valence electrons. The summed E-state index contributed by atoms with van der Waals surface area (Å²) in [6.45, 7) is 2.65. The zero-order chi connectivity index (χ0) is 15.8. The van der Waals surface area contributed by atoms with Gasteiger partial charge in [-0.1, -0.05) is 60.2 Å². The monoisotopic (exact) mass is 297 g/mol. The third-order valence-corrected chi connectivity index (χ3v) is 3.71. The topological polar surface area (TPSA) is 49.3 Å².